The standard InChI is InChI=1S/C24H24N8O5S/c1-13(2)38(34,35)16-7-4-14(5-8-16)19-12-29-22(36-24(26)33)21(31-19)20-10-18(32-37-20)17-9-6-15(11-28-17)30-23(25)27-3/h4-13H,1-3H3,(H2,26,33)(H3,25,27,30). The van der Waals surface area contributed by atoms with Crippen molar-refractivity contribution in [2.24, 2.45) is 5.73 Å². The number of guanidine groups is 1. The predicted octanol–water partition coefficient (Wildman–Crippen LogP) is 3.07. The number of hydrogen-bond donors (Lipinski definition) is 4. The number of hydrogen-bond acceptors (Lipinski definition) is 10. The molecular weight excluding hydrogens is 512 g/mol. The Morgan fingerprint density at radius 1 is 1.05 bits per heavy atom. The zero-order valence-corrected chi connectivity index (χ0v) is 21.4. The van der Waals surface area contributed by atoms with Crippen LogP contribution < -0.4 is 21.1 Å². The van der Waals surface area contributed by atoms with E-state index in [0.29, 0.717) is 28.3 Å². The third-order valence-corrected chi connectivity index (χ3v) is 7.49. The maximum atomic E-state index is 12.4. The molecule has 0 fully saturated rings. The van der Waals surface area contributed by atoms with Crippen molar-refractivity contribution in [3.63, 3.8) is 0 Å². The number of carbonyl (C=O) groups excluding carboxylic acids is 1. The van der Waals surface area contributed by atoms with Gasteiger partial charge < -0.3 is 25.6 Å². The molecule has 0 aliphatic heterocycles. The molecule has 0 aliphatic rings. The first kappa shape index (κ1) is 26.2. The minimum absolute atomic E-state index is 0.0553. The first-order valence-electron chi connectivity index (χ1n) is 11.2. The number of carbonyl (C=O) groups is 1. The molecule has 0 radical (unpaired) electrons. The highest BCUT2D eigenvalue weighted by molar-refractivity contribution is 7.92. The molecule has 0 saturated carbocycles. The quantitative estimate of drug-likeness (QED) is 0.200. The van der Waals surface area contributed by atoms with Crippen LogP contribution in [0.4, 0.5) is 10.5 Å². The monoisotopic (exact) mass is 536 g/mol. The summed E-state index contributed by atoms with van der Waals surface area (Å²) in [7, 11) is -1.82. The summed E-state index contributed by atoms with van der Waals surface area (Å²) in [4.78, 5) is 24.6. The van der Waals surface area contributed by atoms with Crippen LogP contribution in [0.15, 0.2) is 64.3 Å². The van der Waals surface area contributed by atoms with Crippen LogP contribution in [-0.2, 0) is 9.84 Å². The topological polar surface area (TPSA) is 199 Å². The summed E-state index contributed by atoms with van der Waals surface area (Å²) in [6, 6.07) is 11.2. The molecule has 0 saturated heterocycles. The number of aromatic nitrogens is 4. The van der Waals surface area contributed by atoms with Crippen LogP contribution in [0.3, 0.4) is 0 Å². The summed E-state index contributed by atoms with van der Waals surface area (Å²) in [6.45, 7) is 3.22. The van der Waals surface area contributed by atoms with Gasteiger partial charge in [-0.25, -0.2) is 23.2 Å². The van der Waals surface area contributed by atoms with Crippen molar-refractivity contribution >= 4 is 27.6 Å². The summed E-state index contributed by atoms with van der Waals surface area (Å²) in [5, 5.41) is 16.6. The lowest BCUT2D eigenvalue weighted by Crippen LogP contribution is -2.25. The molecule has 14 heteroatoms. The normalized spacial score (nSPS) is 11.3. The summed E-state index contributed by atoms with van der Waals surface area (Å²) >= 11 is 0. The zero-order valence-electron chi connectivity index (χ0n) is 20.6. The number of nitrogens with one attached hydrogen (secondary N) is 3. The van der Waals surface area contributed by atoms with Gasteiger partial charge in [0, 0.05) is 18.7 Å². The SMILES string of the molecule is CNC(=N)Nc1ccc(-c2cc(-c3nc(-c4ccc(S(=O)(=O)C(C)C)cc4)cnc3OC(N)=O)on2)nc1. The molecule has 1 amide bonds. The van der Waals surface area contributed by atoms with Crippen molar-refractivity contribution in [3.8, 4) is 40.0 Å². The number of pyridine rings is 1. The maximum absolute atomic E-state index is 12.4. The smallest absolute Gasteiger partial charge is 0.389 e. The van der Waals surface area contributed by atoms with Gasteiger partial charge >= 0.3 is 6.09 Å². The Morgan fingerprint density at radius 2 is 1.79 bits per heavy atom. The molecule has 196 valence electrons. The molecule has 38 heavy (non-hydrogen) atoms. The van der Waals surface area contributed by atoms with E-state index in [2.05, 4.69) is 30.7 Å². The van der Waals surface area contributed by atoms with E-state index in [1.807, 2.05) is 0 Å². The highest BCUT2D eigenvalue weighted by atomic mass is 32.2. The van der Waals surface area contributed by atoms with Crippen molar-refractivity contribution in [1.29, 1.82) is 5.41 Å². The molecule has 0 aliphatic carbocycles. The minimum Gasteiger partial charge on any atom is -0.389 e. The Morgan fingerprint density at radius 3 is 2.39 bits per heavy atom. The van der Waals surface area contributed by atoms with E-state index in [-0.39, 0.29) is 28.2 Å². The van der Waals surface area contributed by atoms with E-state index in [1.54, 1.807) is 51.2 Å². The fourth-order valence-electron chi connectivity index (χ4n) is 3.27. The molecule has 0 unspecified atom stereocenters. The van der Waals surface area contributed by atoms with Gasteiger partial charge in [-0.15, -0.1) is 0 Å². The number of primary amides is 1. The number of benzene rings is 1. The Balaban J connectivity index is 1.68. The largest absolute Gasteiger partial charge is 0.411 e. The van der Waals surface area contributed by atoms with Gasteiger partial charge in [-0.3, -0.25) is 10.4 Å². The van der Waals surface area contributed by atoms with E-state index in [4.69, 9.17) is 20.4 Å². The molecule has 0 bridgehead atoms. The number of ether oxygens (including phenoxy) is 1. The molecule has 3 heterocycles. The first-order valence-corrected chi connectivity index (χ1v) is 12.8. The molecule has 1 aromatic carbocycles. The number of rotatable bonds is 7. The molecule has 5 N–H and O–H groups in total. The molecular formula is C24H24N8O5S. The average Bonchev–Trinajstić information content (AvgIpc) is 3.39. The van der Waals surface area contributed by atoms with Gasteiger partial charge in [-0.1, -0.05) is 17.3 Å². The molecule has 4 aromatic rings. The zero-order chi connectivity index (χ0) is 27.4. The number of sulfone groups is 1. The Hall–Kier alpha value is -4.85. The molecule has 4 rings (SSSR count). The van der Waals surface area contributed by atoms with E-state index in [1.165, 1.54) is 24.5 Å². The lowest BCUT2D eigenvalue weighted by atomic mass is 10.1. The second kappa shape index (κ2) is 10.6. The molecule has 13 nitrogen and oxygen atoms in total. The van der Waals surface area contributed by atoms with E-state index < -0.39 is 21.2 Å². The van der Waals surface area contributed by atoms with Crippen LogP contribution in [-0.4, -0.2) is 52.9 Å². The summed E-state index contributed by atoms with van der Waals surface area (Å²) in [5.41, 5.74) is 7.63. The van der Waals surface area contributed by atoms with Gasteiger partial charge in [0.25, 0.3) is 5.88 Å². The number of nitrogens with zero attached hydrogens (tertiary/aromatic N) is 4. The van der Waals surface area contributed by atoms with Crippen molar-refractivity contribution in [2.75, 3.05) is 12.4 Å². The number of amides is 1. The highest BCUT2D eigenvalue weighted by Crippen LogP contribution is 2.32. The average molecular weight is 537 g/mol. The van der Waals surface area contributed by atoms with Gasteiger partial charge in [-0.2, -0.15) is 0 Å². The van der Waals surface area contributed by atoms with Gasteiger partial charge in [0.1, 0.15) is 5.69 Å². The Kier molecular flexibility index (Phi) is 7.34. The summed E-state index contributed by atoms with van der Waals surface area (Å²) in [5.74, 6) is 0.0477. The Labute approximate surface area is 217 Å². The van der Waals surface area contributed by atoms with E-state index in [0.717, 1.165) is 0 Å². The van der Waals surface area contributed by atoms with Crippen molar-refractivity contribution in [2.45, 2.75) is 24.0 Å². The third-order valence-electron chi connectivity index (χ3n) is 5.32. The van der Waals surface area contributed by atoms with E-state index >= 15 is 0 Å². The minimum atomic E-state index is -3.44. The first-order chi connectivity index (χ1) is 18.1. The lowest BCUT2D eigenvalue weighted by molar-refractivity contribution is 0.209. The molecule has 0 atom stereocenters. The second-order valence-corrected chi connectivity index (χ2v) is 10.7. The van der Waals surface area contributed by atoms with Gasteiger partial charge in [0.2, 0.25) is 0 Å². The molecule has 0 spiro atoms. The van der Waals surface area contributed by atoms with Gasteiger partial charge in [-0.05, 0) is 38.1 Å². The van der Waals surface area contributed by atoms with Crippen molar-refractivity contribution in [3.05, 3.63) is 54.9 Å². The number of anilines is 1. The van der Waals surface area contributed by atoms with Crippen molar-refractivity contribution in [1.82, 2.24) is 25.4 Å². The van der Waals surface area contributed by atoms with Crippen LogP contribution in [0.2, 0.25) is 0 Å². The predicted molar refractivity (Wildman–Crippen MR) is 139 cm³/mol. The van der Waals surface area contributed by atoms with Gasteiger partial charge in [0.05, 0.1) is 39.6 Å². The van der Waals surface area contributed by atoms with Crippen LogP contribution in [0.5, 0.6) is 5.88 Å². The van der Waals surface area contributed by atoms with Crippen LogP contribution in [0.1, 0.15) is 13.8 Å². The van der Waals surface area contributed by atoms with Crippen molar-refractivity contribution < 1.29 is 22.5 Å². The summed E-state index contributed by atoms with van der Waals surface area (Å²) in [6.07, 6.45) is 1.80. The maximum Gasteiger partial charge on any atom is 0.411 e. The van der Waals surface area contributed by atoms with Crippen LogP contribution >= 0.6 is 0 Å². The van der Waals surface area contributed by atoms with E-state index in [9.17, 15) is 13.2 Å². The lowest BCUT2D eigenvalue weighted by Gasteiger charge is -2.09. The van der Waals surface area contributed by atoms with Gasteiger partial charge in [0.15, 0.2) is 27.3 Å². The fourth-order valence-corrected chi connectivity index (χ4v) is 4.33. The second-order valence-electron chi connectivity index (χ2n) is 8.21. The Bertz CT molecular complexity index is 1580. The molecule has 3 aromatic heterocycles. The fraction of sp³-hybridized carbons (Fsp3) is 0.167. The highest BCUT2D eigenvalue weighted by Gasteiger charge is 2.21. The third kappa shape index (κ3) is 5.59. The number of nitrogens with two attached hydrogens (primary N) is 1. The summed E-state index contributed by atoms with van der Waals surface area (Å²) < 4.78 is 35.3. The van der Waals surface area contributed by atoms with Crippen LogP contribution in [0, 0.1) is 5.41 Å². The van der Waals surface area contributed by atoms with Crippen LogP contribution in [0.25, 0.3) is 34.1 Å².